The zero-order valence-electron chi connectivity index (χ0n) is 11.9. The molecule has 3 rings (SSSR count). The third-order valence-electron chi connectivity index (χ3n) is 4.34. The highest BCUT2D eigenvalue weighted by molar-refractivity contribution is 5.39. The van der Waals surface area contributed by atoms with Crippen molar-refractivity contribution >= 4 is 0 Å². The lowest BCUT2D eigenvalue weighted by Crippen LogP contribution is -2.49. The molecule has 0 amide bonds. The highest BCUT2D eigenvalue weighted by Crippen LogP contribution is 2.30. The molecule has 1 aromatic carbocycles. The fourth-order valence-corrected chi connectivity index (χ4v) is 3.08. The Morgan fingerprint density at radius 2 is 2.00 bits per heavy atom. The Morgan fingerprint density at radius 3 is 2.74 bits per heavy atom. The van der Waals surface area contributed by atoms with Gasteiger partial charge >= 0.3 is 0 Å². The second-order valence-corrected chi connectivity index (χ2v) is 5.55. The summed E-state index contributed by atoms with van der Waals surface area (Å²) in [6.45, 7) is 6.65. The van der Waals surface area contributed by atoms with Gasteiger partial charge in [0.25, 0.3) is 0 Å². The zero-order chi connectivity index (χ0) is 13.2. The van der Waals surface area contributed by atoms with E-state index in [2.05, 4.69) is 40.4 Å². The lowest BCUT2D eigenvalue weighted by Gasteiger charge is -2.40. The van der Waals surface area contributed by atoms with Gasteiger partial charge in [0, 0.05) is 45.3 Å². The number of hydrogen-bond donors (Lipinski definition) is 1. The summed E-state index contributed by atoms with van der Waals surface area (Å²) in [6.07, 6.45) is 0. The van der Waals surface area contributed by atoms with Crippen molar-refractivity contribution in [2.45, 2.75) is 12.6 Å². The van der Waals surface area contributed by atoms with E-state index in [0.29, 0.717) is 6.04 Å². The van der Waals surface area contributed by atoms with Gasteiger partial charge < -0.3 is 15.0 Å². The van der Waals surface area contributed by atoms with Crippen LogP contribution in [0.4, 0.5) is 0 Å². The summed E-state index contributed by atoms with van der Waals surface area (Å²) in [6, 6.07) is 6.97. The Bertz CT molecular complexity index is 441. The summed E-state index contributed by atoms with van der Waals surface area (Å²) in [5, 5.41) is 3.54. The first-order valence-electron chi connectivity index (χ1n) is 7.08. The van der Waals surface area contributed by atoms with Crippen molar-refractivity contribution in [2.75, 3.05) is 46.9 Å². The van der Waals surface area contributed by atoms with Crippen LogP contribution in [0.15, 0.2) is 18.2 Å². The number of rotatable bonds is 2. The van der Waals surface area contributed by atoms with Crippen LogP contribution in [0.2, 0.25) is 0 Å². The van der Waals surface area contributed by atoms with Crippen LogP contribution in [0.1, 0.15) is 17.2 Å². The average molecular weight is 261 g/mol. The van der Waals surface area contributed by atoms with Gasteiger partial charge in [-0.05, 0) is 30.3 Å². The third-order valence-corrected chi connectivity index (χ3v) is 4.34. The van der Waals surface area contributed by atoms with Gasteiger partial charge in [-0.25, -0.2) is 0 Å². The average Bonchev–Trinajstić information content (AvgIpc) is 2.47. The number of benzene rings is 1. The Kier molecular flexibility index (Phi) is 3.73. The van der Waals surface area contributed by atoms with Gasteiger partial charge in [-0.1, -0.05) is 6.07 Å². The van der Waals surface area contributed by atoms with Crippen molar-refractivity contribution in [3.8, 4) is 5.75 Å². The first-order valence-corrected chi connectivity index (χ1v) is 7.08. The number of methoxy groups -OCH3 is 1. The second kappa shape index (κ2) is 5.49. The van der Waals surface area contributed by atoms with Crippen LogP contribution in [-0.4, -0.2) is 56.7 Å². The van der Waals surface area contributed by atoms with Crippen LogP contribution < -0.4 is 10.1 Å². The molecule has 4 heteroatoms. The van der Waals surface area contributed by atoms with E-state index in [0.717, 1.165) is 45.0 Å². The van der Waals surface area contributed by atoms with E-state index < -0.39 is 0 Å². The molecule has 0 bridgehead atoms. The quantitative estimate of drug-likeness (QED) is 0.862. The molecule has 0 unspecified atom stereocenters. The molecule has 0 radical (unpaired) electrons. The fourth-order valence-electron chi connectivity index (χ4n) is 3.08. The molecule has 1 aromatic rings. The van der Waals surface area contributed by atoms with Gasteiger partial charge in [-0.3, -0.25) is 4.90 Å². The normalized spacial score (nSPS) is 25.1. The van der Waals surface area contributed by atoms with Crippen LogP contribution in [0.25, 0.3) is 0 Å². The highest BCUT2D eigenvalue weighted by Gasteiger charge is 2.28. The van der Waals surface area contributed by atoms with Crippen molar-refractivity contribution in [3.63, 3.8) is 0 Å². The molecule has 2 aliphatic heterocycles. The SMILES string of the molecule is COc1ccc2c(c1)[C@@H](N1CCN(C)CC1)CNC2. The maximum absolute atomic E-state index is 5.39. The van der Waals surface area contributed by atoms with E-state index >= 15 is 0 Å². The smallest absolute Gasteiger partial charge is 0.119 e. The maximum atomic E-state index is 5.39. The minimum Gasteiger partial charge on any atom is -0.497 e. The highest BCUT2D eigenvalue weighted by atomic mass is 16.5. The zero-order valence-corrected chi connectivity index (χ0v) is 11.9. The molecule has 1 saturated heterocycles. The fraction of sp³-hybridized carbons (Fsp3) is 0.600. The Morgan fingerprint density at radius 1 is 1.21 bits per heavy atom. The molecule has 4 nitrogen and oxygen atoms in total. The first kappa shape index (κ1) is 12.9. The molecule has 0 aliphatic carbocycles. The van der Waals surface area contributed by atoms with Crippen LogP contribution in [0.5, 0.6) is 5.75 Å². The Labute approximate surface area is 115 Å². The van der Waals surface area contributed by atoms with E-state index in [4.69, 9.17) is 4.74 Å². The maximum Gasteiger partial charge on any atom is 0.119 e. The molecule has 0 saturated carbocycles. The molecule has 1 fully saturated rings. The number of nitrogens with one attached hydrogen (secondary N) is 1. The molecule has 104 valence electrons. The third kappa shape index (κ3) is 2.61. The number of fused-ring (bicyclic) bond motifs is 1. The van der Waals surface area contributed by atoms with Crippen molar-refractivity contribution in [2.24, 2.45) is 0 Å². The summed E-state index contributed by atoms with van der Waals surface area (Å²) in [4.78, 5) is 5.00. The summed E-state index contributed by atoms with van der Waals surface area (Å²) >= 11 is 0. The van der Waals surface area contributed by atoms with Crippen molar-refractivity contribution in [1.29, 1.82) is 0 Å². The topological polar surface area (TPSA) is 27.7 Å². The molecule has 1 atom stereocenters. The molecular formula is C15H23N3O. The molecule has 0 aromatic heterocycles. The van der Waals surface area contributed by atoms with Crippen LogP contribution in [0.3, 0.4) is 0 Å². The van der Waals surface area contributed by atoms with Crippen molar-refractivity contribution in [1.82, 2.24) is 15.1 Å². The van der Waals surface area contributed by atoms with Crippen molar-refractivity contribution < 1.29 is 4.74 Å². The first-order chi connectivity index (χ1) is 9.28. The largest absolute Gasteiger partial charge is 0.497 e. The van der Waals surface area contributed by atoms with Crippen LogP contribution in [-0.2, 0) is 6.54 Å². The minimum absolute atomic E-state index is 0.493. The summed E-state index contributed by atoms with van der Waals surface area (Å²) in [5.74, 6) is 0.972. The Balaban J connectivity index is 1.84. The lowest BCUT2D eigenvalue weighted by atomic mass is 9.94. The minimum atomic E-state index is 0.493. The lowest BCUT2D eigenvalue weighted by molar-refractivity contribution is 0.106. The monoisotopic (exact) mass is 261 g/mol. The summed E-state index contributed by atoms with van der Waals surface area (Å²) in [7, 11) is 3.95. The molecule has 19 heavy (non-hydrogen) atoms. The van der Waals surface area contributed by atoms with Gasteiger partial charge in [0.15, 0.2) is 0 Å². The molecule has 2 aliphatic rings. The van der Waals surface area contributed by atoms with Gasteiger partial charge in [-0.15, -0.1) is 0 Å². The van der Waals surface area contributed by atoms with Gasteiger partial charge in [0.05, 0.1) is 7.11 Å². The number of likely N-dealkylation sites (N-methyl/N-ethyl adjacent to an activating group) is 1. The van der Waals surface area contributed by atoms with E-state index in [-0.39, 0.29) is 0 Å². The number of nitrogens with zero attached hydrogens (tertiary/aromatic N) is 2. The van der Waals surface area contributed by atoms with E-state index in [1.165, 1.54) is 11.1 Å². The molecule has 1 N–H and O–H groups in total. The van der Waals surface area contributed by atoms with Crippen LogP contribution >= 0.6 is 0 Å². The number of ether oxygens (including phenoxy) is 1. The van der Waals surface area contributed by atoms with E-state index in [1.54, 1.807) is 7.11 Å². The van der Waals surface area contributed by atoms with Crippen molar-refractivity contribution in [3.05, 3.63) is 29.3 Å². The predicted octanol–water partition coefficient (Wildman–Crippen LogP) is 1.09. The van der Waals surface area contributed by atoms with Gasteiger partial charge in [0.1, 0.15) is 5.75 Å². The number of hydrogen-bond acceptors (Lipinski definition) is 4. The standard InChI is InChI=1S/C15H23N3O/c1-17-5-7-18(8-6-17)15-11-16-10-12-3-4-13(19-2)9-14(12)15/h3-4,9,15-16H,5-8,10-11H2,1-2H3/t15-/m0/s1. The molecular weight excluding hydrogens is 238 g/mol. The molecule has 0 spiro atoms. The van der Waals surface area contributed by atoms with Gasteiger partial charge in [-0.2, -0.15) is 0 Å². The summed E-state index contributed by atoms with van der Waals surface area (Å²) < 4.78 is 5.39. The van der Waals surface area contributed by atoms with E-state index in [9.17, 15) is 0 Å². The molecule has 2 heterocycles. The van der Waals surface area contributed by atoms with Crippen LogP contribution in [0, 0.1) is 0 Å². The number of piperazine rings is 1. The summed E-state index contributed by atoms with van der Waals surface area (Å²) in [5.41, 5.74) is 2.86. The predicted molar refractivity (Wildman–Crippen MR) is 76.5 cm³/mol. The second-order valence-electron chi connectivity index (χ2n) is 5.55. The van der Waals surface area contributed by atoms with Gasteiger partial charge in [0.2, 0.25) is 0 Å². The van der Waals surface area contributed by atoms with E-state index in [1.807, 2.05) is 0 Å². The Hall–Kier alpha value is -1.10.